The normalized spacial score (nSPS) is 13.5. The SMILES string of the molecule is C=CC(=O)OCC(C)(O)OC(=O)C(=C)C. The van der Waals surface area contributed by atoms with E-state index in [0.717, 1.165) is 6.08 Å². The number of hydrogen-bond donors (Lipinski definition) is 1. The Kier molecular flexibility index (Phi) is 4.73. The van der Waals surface area contributed by atoms with Crippen molar-refractivity contribution < 1.29 is 24.2 Å². The molecule has 1 atom stereocenters. The average Bonchev–Trinajstić information content (AvgIpc) is 2.13. The van der Waals surface area contributed by atoms with Gasteiger partial charge in [-0.05, 0) is 6.92 Å². The van der Waals surface area contributed by atoms with Crippen molar-refractivity contribution in [2.75, 3.05) is 6.61 Å². The summed E-state index contributed by atoms with van der Waals surface area (Å²) in [5, 5.41) is 9.48. The van der Waals surface area contributed by atoms with Crippen LogP contribution >= 0.6 is 0 Å². The molecule has 0 aliphatic heterocycles. The Morgan fingerprint density at radius 1 is 1.53 bits per heavy atom. The number of esters is 2. The van der Waals surface area contributed by atoms with Gasteiger partial charge < -0.3 is 14.6 Å². The molecular weight excluding hydrogens is 200 g/mol. The summed E-state index contributed by atoms with van der Waals surface area (Å²) in [5.74, 6) is -3.33. The number of hydrogen-bond acceptors (Lipinski definition) is 5. The highest BCUT2D eigenvalue weighted by Gasteiger charge is 2.27. The number of carbonyl (C=O) groups is 2. The van der Waals surface area contributed by atoms with E-state index < -0.39 is 24.3 Å². The second kappa shape index (κ2) is 5.31. The first kappa shape index (κ1) is 13.4. The zero-order valence-corrected chi connectivity index (χ0v) is 8.78. The summed E-state index contributed by atoms with van der Waals surface area (Å²) in [5.41, 5.74) is 0.144. The molecule has 0 aromatic heterocycles. The molecule has 0 radical (unpaired) electrons. The molecule has 0 aliphatic carbocycles. The average molecular weight is 214 g/mol. The first-order chi connectivity index (χ1) is 6.78. The third-order valence-corrected chi connectivity index (χ3v) is 1.31. The van der Waals surface area contributed by atoms with Crippen molar-refractivity contribution >= 4 is 11.9 Å². The standard InChI is InChI=1S/C10H14O5/c1-5-8(11)14-6-10(4,13)15-9(12)7(2)3/h5,13H,1-2,6H2,3-4H3. The molecule has 0 spiro atoms. The Morgan fingerprint density at radius 3 is 2.47 bits per heavy atom. The second-order valence-corrected chi connectivity index (χ2v) is 3.16. The molecule has 1 unspecified atom stereocenters. The molecular formula is C10H14O5. The predicted molar refractivity (Wildman–Crippen MR) is 52.7 cm³/mol. The van der Waals surface area contributed by atoms with E-state index >= 15 is 0 Å². The number of ether oxygens (including phenoxy) is 2. The number of rotatable bonds is 5. The molecule has 0 aromatic carbocycles. The van der Waals surface area contributed by atoms with E-state index in [1.807, 2.05) is 0 Å². The number of aliphatic hydroxyl groups is 1. The van der Waals surface area contributed by atoms with Gasteiger partial charge in [0.15, 0.2) is 6.61 Å². The lowest BCUT2D eigenvalue weighted by Crippen LogP contribution is -2.37. The Balaban J connectivity index is 4.18. The van der Waals surface area contributed by atoms with Gasteiger partial charge in [-0.15, -0.1) is 0 Å². The quantitative estimate of drug-likeness (QED) is 0.411. The molecule has 0 fully saturated rings. The van der Waals surface area contributed by atoms with Crippen molar-refractivity contribution in [1.29, 1.82) is 0 Å². The topological polar surface area (TPSA) is 72.8 Å². The highest BCUT2D eigenvalue weighted by molar-refractivity contribution is 5.87. The molecule has 5 nitrogen and oxygen atoms in total. The highest BCUT2D eigenvalue weighted by Crippen LogP contribution is 2.09. The van der Waals surface area contributed by atoms with Crippen molar-refractivity contribution in [2.24, 2.45) is 0 Å². The van der Waals surface area contributed by atoms with Crippen LogP contribution in [0.5, 0.6) is 0 Å². The molecule has 0 rings (SSSR count). The minimum Gasteiger partial charge on any atom is -0.456 e. The smallest absolute Gasteiger partial charge is 0.335 e. The van der Waals surface area contributed by atoms with Crippen molar-refractivity contribution in [1.82, 2.24) is 0 Å². The molecule has 0 aliphatic rings. The third-order valence-electron chi connectivity index (χ3n) is 1.31. The van der Waals surface area contributed by atoms with Crippen molar-refractivity contribution in [3.8, 4) is 0 Å². The first-order valence-electron chi connectivity index (χ1n) is 4.19. The maximum absolute atomic E-state index is 11.0. The van der Waals surface area contributed by atoms with Gasteiger partial charge >= 0.3 is 11.9 Å². The summed E-state index contributed by atoms with van der Waals surface area (Å²) in [6, 6.07) is 0. The summed E-state index contributed by atoms with van der Waals surface area (Å²) in [7, 11) is 0. The van der Waals surface area contributed by atoms with Crippen LogP contribution in [0.4, 0.5) is 0 Å². The molecule has 0 amide bonds. The lowest BCUT2D eigenvalue weighted by atomic mass is 10.3. The molecule has 0 heterocycles. The molecule has 15 heavy (non-hydrogen) atoms. The van der Waals surface area contributed by atoms with Crippen molar-refractivity contribution in [3.63, 3.8) is 0 Å². The molecule has 0 bridgehead atoms. The van der Waals surface area contributed by atoms with E-state index in [-0.39, 0.29) is 5.57 Å². The van der Waals surface area contributed by atoms with Gasteiger partial charge in [-0.1, -0.05) is 13.2 Å². The maximum atomic E-state index is 11.0. The Bertz CT molecular complexity index is 290. The van der Waals surface area contributed by atoms with Crippen LogP contribution in [-0.2, 0) is 19.1 Å². The van der Waals surface area contributed by atoms with Crippen LogP contribution in [0.1, 0.15) is 13.8 Å². The predicted octanol–water partition coefficient (Wildman–Crippen LogP) is 0.543. The molecule has 0 aromatic rings. The monoisotopic (exact) mass is 214 g/mol. The summed E-state index contributed by atoms with van der Waals surface area (Å²) in [6.07, 6.45) is 0.941. The van der Waals surface area contributed by atoms with E-state index in [0.29, 0.717) is 0 Å². The van der Waals surface area contributed by atoms with E-state index in [1.165, 1.54) is 13.8 Å². The fraction of sp³-hybridized carbons (Fsp3) is 0.400. The highest BCUT2D eigenvalue weighted by atomic mass is 16.7. The second-order valence-electron chi connectivity index (χ2n) is 3.16. The minimum absolute atomic E-state index is 0.144. The van der Waals surface area contributed by atoms with Gasteiger partial charge in [-0.3, -0.25) is 0 Å². The van der Waals surface area contributed by atoms with Crippen LogP contribution in [0.25, 0.3) is 0 Å². The fourth-order valence-corrected chi connectivity index (χ4v) is 0.580. The summed E-state index contributed by atoms with van der Waals surface area (Å²) in [6.45, 7) is 8.69. The molecule has 0 saturated carbocycles. The zero-order valence-electron chi connectivity index (χ0n) is 8.78. The largest absolute Gasteiger partial charge is 0.456 e. The molecule has 84 valence electrons. The third kappa shape index (κ3) is 5.64. The van der Waals surface area contributed by atoms with Crippen molar-refractivity contribution in [3.05, 3.63) is 24.8 Å². The summed E-state index contributed by atoms with van der Waals surface area (Å²) < 4.78 is 9.12. The number of carbonyl (C=O) groups excluding carboxylic acids is 2. The fourth-order valence-electron chi connectivity index (χ4n) is 0.580. The minimum atomic E-state index is -1.87. The van der Waals surface area contributed by atoms with Gasteiger partial charge in [0.1, 0.15) is 0 Å². The maximum Gasteiger partial charge on any atom is 0.335 e. The van der Waals surface area contributed by atoms with E-state index in [1.54, 1.807) is 0 Å². The van der Waals surface area contributed by atoms with Crippen LogP contribution in [0.2, 0.25) is 0 Å². The van der Waals surface area contributed by atoms with Crippen LogP contribution in [-0.4, -0.2) is 29.4 Å². The van der Waals surface area contributed by atoms with Gasteiger partial charge in [-0.2, -0.15) is 0 Å². The van der Waals surface area contributed by atoms with Crippen LogP contribution in [0.15, 0.2) is 24.8 Å². The lowest BCUT2D eigenvalue weighted by molar-refractivity contribution is -0.216. The van der Waals surface area contributed by atoms with Gasteiger partial charge in [0.05, 0.1) is 0 Å². The molecule has 5 heteroatoms. The van der Waals surface area contributed by atoms with E-state index in [4.69, 9.17) is 0 Å². The van der Waals surface area contributed by atoms with E-state index in [9.17, 15) is 14.7 Å². The Morgan fingerprint density at radius 2 is 2.07 bits per heavy atom. The summed E-state index contributed by atoms with van der Waals surface area (Å²) >= 11 is 0. The van der Waals surface area contributed by atoms with Gasteiger partial charge in [0.25, 0.3) is 0 Å². The summed E-state index contributed by atoms with van der Waals surface area (Å²) in [4.78, 5) is 21.7. The van der Waals surface area contributed by atoms with Crippen LogP contribution in [0, 0.1) is 0 Å². The Labute approximate surface area is 88.0 Å². The van der Waals surface area contributed by atoms with Crippen LogP contribution in [0.3, 0.4) is 0 Å². The lowest BCUT2D eigenvalue weighted by Gasteiger charge is -2.22. The van der Waals surface area contributed by atoms with E-state index in [2.05, 4.69) is 22.6 Å². The molecule has 0 saturated heterocycles. The molecule has 1 N–H and O–H groups in total. The van der Waals surface area contributed by atoms with Gasteiger partial charge in [0.2, 0.25) is 5.79 Å². The van der Waals surface area contributed by atoms with Gasteiger partial charge in [-0.25, -0.2) is 9.59 Å². The van der Waals surface area contributed by atoms with Gasteiger partial charge in [0, 0.05) is 18.6 Å². The zero-order chi connectivity index (χ0) is 12.1. The van der Waals surface area contributed by atoms with Crippen LogP contribution < -0.4 is 0 Å². The first-order valence-corrected chi connectivity index (χ1v) is 4.19. The van der Waals surface area contributed by atoms with Crippen molar-refractivity contribution in [2.45, 2.75) is 19.6 Å². The Hall–Kier alpha value is -1.62.